The molecule has 0 saturated heterocycles. The first-order chi connectivity index (χ1) is 9.35. The number of benzene rings is 1. The summed E-state index contributed by atoms with van der Waals surface area (Å²) in [7, 11) is 0. The number of aryl methyl sites for hydroxylation is 2. The lowest BCUT2D eigenvalue weighted by Gasteiger charge is -2.29. The molecule has 0 fully saturated rings. The van der Waals surface area contributed by atoms with Gasteiger partial charge in [-0.3, -0.25) is 4.79 Å². The van der Waals surface area contributed by atoms with E-state index in [-0.39, 0.29) is 11.2 Å². The molecule has 0 amide bonds. The summed E-state index contributed by atoms with van der Waals surface area (Å²) >= 11 is 0. The summed E-state index contributed by atoms with van der Waals surface area (Å²) in [5, 5.41) is 4.46. The standard InChI is InChI=1S/C17H20N2O/c1-11-5-12(2)7-13(6-11)19-15-8-17(3,4)9-16(20)14(15)10-18-19/h5-7,10H,8-9H2,1-4H3. The number of hydrogen-bond donors (Lipinski definition) is 0. The average Bonchev–Trinajstić information content (AvgIpc) is 2.69. The van der Waals surface area contributed by atoms with Gasteiger partial charge in [-0.2, -0.15) is 5.10 Å². The maximum Gasteiger partial charge on any atom is 0.166 e. The van der Waals surface area contributed by atoms with Gasteiger partial charge in [-0.1, -0.05) is 19.9 Å². The van der Waals surface area contributed by atoms with Gasteiger partial charge in [0.25, 0.3) is 0 Å². The van der Waals surface area contributed by atoms with E-state index in [0.717, 1.165) is 23.4 Å². The second kappa shape index (κ2) is 4.30. The van der Waals surface area contributed by atoms with Gasteiger partial charge in [-0.15, -0.1) is 0 Å². The summed E-state index contributed by atoms with van der Waals surface area (Å²) in [6.45, 7) is 8.46. The third kappa shape index (κ3) is 2.17. The third-order valence-corrected chi connectivity index (χ3v) is 3.91. The normalized spacial score (nSPS) is 17.1. The number of ketones is 1. The molecule has 1 heterocycles. The summed E-state index contributed by atoms with van der Waals surface area (Å²) in [6, 6.07) is 6.38. The van der Waals surface area contributed by atoms with E-state index in [9.17, 15) is 4.79 Å². The van der Waals surface area contributed by atoms with Crippen molar-refractivity contribution in [3.8, 4) is 5.69 Å². The molecule has 0 bridgehead atoms. The maximum absolute atomic E-state index is 12.2. The Hall–Kier alpha value is -1.90. The first-order valence-corrected chi connectivity index (χ1v) is 7.04. The van der Waals surface area contributed by atoms with E-state index in [0.29, 0.717) is 6.42 Å². The number of aromatic nitrogens is 2. The molecule has 1 aliphatic rings. The van der Waals surface area contributed by atoms with E-state index in [2.05, 4.69) is 51.0 Å². The van der Waals surface area contributed by atoms with E-state index in [1.54, 1.807) is 6.20 Å². The predicted octanol–water partition coefficient (Wildman–Crippen LogP) is 3.64. The zero-order valence-corrected chi connectivity index (χ0v) is 12.5. The number of carbonyl (C=O) groups is 1. The van der Waals surface area contributed by atoms with Gasteiger partial charge in [0, 0.05) is 6.42 Å². The molecule has 0 aliphatic heterocycles. The fourth-order valence-corrected chi connectivity index (χ4v) is 3.12. The minimum atomic E-state index is 0.0146. The van der Waals surface area contributed by atoms with Crippen LogP contribution in [0.5, 0.6) is 0 Å². The maximum atomic E-state index is 12.2. The molecule has 0 unspecified atom stereocenters. The molecule has 0 N–H and O–H groups in total. The lowest BCUT2D eigenvalue weighted by molar-refractivity contribution is 0.0911. The van der Waals surface area contributed by atoms with Crippen molar-refractivity contribution in [2.24, 2.45) is 5.41 Å². The first-order valence-electron chi connectivity index (χ1n) is 7.04. The van der Waals surface area contributed by atoms with Gasteiger partial charge in [-0.05, 0) is 48.9 Å². The van der Waals surface area contributed by atoms with Crippen molar-refractivity contribution < 1.29 is 4.79 Å². The fraction of sp³-hybridized carbons (Fsp3) is 0.412. The predicted molar refractivity (Wildman–Crippen MR) is 79.5 cm³/mol. The molecule has 3 nitrogen and oxygen atoms in total. The lowest BCUT2D eigenvalue weighted by atomic mass is 9.76. The molecule has 0 atom stereocenters. The lowest BCUT2D eigenvalue weighted by Crippen LogP contribution is -2.27. The molecule has 0 spiro atoms. The zero-order chi connectivity index (χ0) is 14.5. The SMILES string of the molecule is Cc1cc(C)cc(-n2ncc3c2CC(C)(C)CC3=O)c1. The number of nitrogens with zero attached hydrogens (tertiary/aromatic N) is 2. The van der Waals surface area contributed by atoms with Gasteiger partial charge < -0.3 is 0 Å². The van der Waals surface area contributed by atoms with Gasteiger partial charge in [0.1, 0.15) is 0 Å². The summed E-state index contributed by atoms with van der Waals surface area (Å²) in [5.74, 6) is 0.215. The molecular weight excluding hydrogens is 248 g/mol. The van der Waals surface area contributed by atoms with Crippen molar-refractivity contribution in [1.29, 1.82) is 0 Å². The molecule has 2 aromatic rings. The van der Waals surface area contributed by atoms with Crippen LogP contribution in [0, 0.1) is 19.3 Å². The van der Waals surface area contributed by atoms with E-state index in [1.165, 1.54) is 11.1 Å². The van der Waals surface area contributed by atoms with Crippen molar-refractivity contribution in [3.63, 3.8) is 0 Å². The van der Waals surface area contributed by atoms with Crippen LogP contribution in [0.15, 0.2) is 24.4 Å². The Kier molecular flexibility index (Phi) is 2.82. The summed E-state index contributed by atoms with van der Waals surface area (Å²) in [6.07, 6.45) is 3.23. The number of fused-ring (bicyclic) bond motifs is 1. The highest BCUT2D eigenvalue weighted by molar-refractivity contribution is 5.98. The quantitative estimate of drug-likeness (QED) is 0.791. The summed E-state index contributed by atoms with van der Waals surface area (Å²) in [5.41, 5.74) is 5.34. The van der Waals surface area contributed by atoms with Crippen molar-refractivity contribution in [2.75, 3.05) is 0 Å². The van der Waals surface area contributed by atoms with E-state index >= 15 is 0 Å². The van der Waals surface area contributed by atoms with Gasteiger partial charge in [0.15, 0.2) is 5.78 Å². The number of carbonyl (C=O) groups excluding carboxylic acids is 1. The average molecular weight is 268 g/mol. The van der Waals surface area contributed by atoms with Crippen LogP contribution in [-0.4, -0.2) is 15.6 Å². The molecule has 0 saturated carbocycles. The van der Waals surface area contributed by atoms with Crippen LogP contribution in [0.25, 0.3) is 5.69 Å². The first kappa shape index (κ1) is 13.1. The zero-order valence-electron chi connectivity index (χ0n) is 12.5. The Balaban J connectivity index is 2.15. The minimum Gasteiger partial charge on any atom is -0.294 e. The van der Waals surface area contributed by atoms with Crippen molar-refractivity contribution in [2.45, 2.75) is 40.5 Å². The summed E-state index contributed by atoms with van der Waals surface area (Å²) in [4.78, 5) is 12.2. The third-order valence-electron chi connectivity index (χ3n) is 3.91. The van der Waals surface area contributed by atoms with Crippen LogP contribution >= 0.6 is 0 Å². The van der Waals surface area contributed by atoms with Crippen LogP contribution in [0.4, 0.5) is 0 Å². The van der Waals surface area contributed by atoms with E-state index in [4.69, 9.17) is 0 Å². The summed E-state index contributed by atoms with van der Waals surface area (Å²) < 4.78 is 1.94. The second-order valence-electron chi connectivity index (χ2n) is 6.70. The van der Waals surface area contributed by atoms with Crippen LogP contribution in [0.2, 0.25) is 0 Å². The number of rotatable bonds is 1. The largest absolute Gasteiger partial charge is 0.294 e. The highest BCUT2D eigenvalue weighted by Crippen LogP contribution is 2.35. The molecule has 1 aliphatic carbocycles. The number of hydrogen-bond acceptors (Lipinski definition) is 2. The van der Waals surface area contributed by atoms with E-state index < -0.39 is 0 Å². The minimum absolute atomic E-state index is 0.0146. The van der Waals surface area contributed by atoms with Gasteiger partial charge in [-0.25, -0.2) is 4.68 Å². The highest BCUT2D eigenvalue weighted by atomic mass is 16.1. The molecule has 20 heavy (non-hydrogen) atoms. The topological polar surface area (TPSA) is 34.9 Å². The van der Waals surface area contributed by atoms with Crippen LogP contribution in [0.1, 0.15) is 47.4 Å². The van der Waals surface area contributed by atoms with Gasteiger partial charge in [0.2, 0.25) is 0 Å². The van der Waals surface area contributed by atoms with Crippen LogP contribution < -0.4 is 0 Å². The Bertz CT molecular complexity index is 675. The van der Waals surface area contributed by atoms with Gasteiger partial charge in [0.05, 0.1) is 23.1 Å². The van der Waals surface area contributed by atoms with Gasteiger partial charge >= 0.3 is 0 Å². The molecule has 0 radical (unpaired) electrons. The Morgan fingerprint density at radius 3 is 2.40 bits per heavy atom. The van der Waals surface area contributed by atoms with E-state index in [1.807, 2.05) is 4.68 Å². The monoisotopic (exact) mass is 268 g/mol. The molecule has 3 rings (SSSR count). The van der Waals surface area contributed by atoms with Crippen LogP contribution in [0.3, 0.4) is 0 Å². The Morgan fingerprint density at radius 2 is 1.75 bits per heavy atom. The Labute approximate surface area is 119 Å². The molecule has 3 heteroatoms. The molecule has 1 aromatic heterocycles. The number of Topliss-reactive ketones (excluding diaryl/α,β-unsaturated/α-hetero) is 1. The molecule has 104 valence electrons. The molecule has 1 aromatic carbocycles. The van der Waals surface area contributed by atoms with Crippen molar-refractivity contribution in [1.82, 2.24) is 9.78 Å². The fourth-order valence-electron chi connectivity index (χ4n) is 3.12. The smallest absolute Gasteiger partial charge is 0.166 e. The molecular formula is C17H20N2O. The second-order valence-corrected chi connectivity index (χ2v) is 6.70. The highest BCUT2D eigenvalue weighted by Gasteiger charge is 2.34. The Morgan fingerprint density at radius 1 is 1.10 bits per heavy atom. The van der Waals surface area contributed by atoms with Crippen molar-refractivity contribution >= 4 is 5.78 Å². The van der Waals surface area contributed by atoms with Crippen LogP contribution in [-0.2, 0) is 6.42 Å². The van der Waals surface area contributed by atoms with Crippen molar-refractivity contribution in [3.05, 3.63) is 46.8 Å².